The van der Waals surface area contributed by atoms with Gasteiger partial charge in [0.15, 0.2) is 5.78 Å². The number of likely N-dealkylation sites (tertiary alicyclic amines) is 1. The summed E-state index contributed by atoms with van der Waals surface area (Å²) in [5.41, 5.74) is 8.68. The Balaban J connectivity index is 1.40. The van der Waals surface area contributed by atoms with Gasteiger partial charge in [-0.25, -0.2) is 0 Å². The normalized spacial score (nSPS) is 22.7. The third-order valence-corrected chi connectivity index (χ3v) is 6.85. The average molecular weight is 432 g/mol. The highest BCUT2D eigenvalue weighted by Crippen LogP contribution is 2.38. The lowest BCUT2D eigenvalue weighted by atomic mass is 9.71. The molecule has 1 saturated heterocycles. The molecule has 2 aliphatic heterocycles. The molecule has 0 spiro atoms. The summed E-state index contributed by atoms with van der Waals surface area (Å²) in [6.45, 7) is 2.47. The molecule has 0 amide bonds. The predicted molar refractivity (Wildman–Crippen MR) is 131 cm³/mol. The van der Waals surface area contributed by atoms with E-state index < -0.39 is 5.41 Å². The number of fused-ring (bicyclic) bond motifs is 1. The molecule has 4 rings (SSSR count). The molecule has 0 radical (unpaired) electrons. The van der Waals surface area contributed by atoms with Gasteiger partial charge < -0.3 is 16.0 Å². The summed E-state index contributed by atoms with van der Waals surface area (Å²) in [5, 5.41) is 19.7. The number of hydrogen-bond donors (Lipinski definition) is 4. The van der Waals surface area contributed by atoms with E-state index >= 15 is 0 Å². The number of nitrogens with zero attached hydrogens (tertiary/aromatic N) is 1. The van der Waals surface area contributed by atoms with Crippen molar-refractivity contribution in [1.82, 2.24) is 4.90 Å². The minimum Gasteiger partial charge on any atom is -0.387 e. The van der Waals surface area contributed by atoms with E-state index in [0.717, 1.165) is 67.9 Å². The summed E-state index contributed by atoms with van der Waals surface area (Å²) in [4.78, 5) is 15.8. The number of carbonyl (C=O) groups excluding carboxylic acids is 1. The van der Waals surface area contributed by atoms with Gasteiger partial charge in [-0.1, -0.05) is 49.3 Å². The molecule has 6 nitrogen and oxygen atoms in total. The van der Waals surface area contributed by atoms with Crippen molar-refractivity contribution < 1.29 is 4.79 Å². The number of allylic oxidation sites excluding steroid dienone is 2. The smallest absolute Gasteiger partial charge is 0.180 e. The lowest BCUT2D eigenvalue weighted by Crippen LogP contribution is -2.44. The largest absolute Gasteiger partial charge is 0.387 e. The molecule has 1 fully saturated rings. The number of anilines is 1. The van der Waals surface area contributed by atoms with Crippen LogP contribution in [0.15, 0.2) is 53.6 Å². The van der Waals surface area contributed by atoms with Crippen LogP contribution in [0.2, 0.25) is 0 Å². The monoisotopic (exact) mass is 431 g/mol. The van der Waals surface area contributed by atoms with Gasteiger partial charge in [-0.3, -0.25) is 15.6 Å². The van der Waals surface area contributed by atoms with Crippen molar-refractivity contribution in [1.29, 1.82) is 10.8 Å². The number of amidine groups is 2. The second kappa shape index (κ2) is 9.55. The number of ketones is 1. The van der Waals surface area contributed by atoms with E-state index in [1.165, 1.54) is 6.42 Å². The summed E-state index contributed by atoms with van der Waals surface area (Å²) < 4.78 is 0. The maximum Gasteiger partial charge on any atom is 0.180 e. The van der Waals surface area contributed by atoms with Gasteiger partial charge in [0.25, 0.3) is 0 Å². The van der Waals surface area contributed by atoms with Gasteiger partial charge in [-0.15, -0.1) is 0 Å². The van der Waals surface area contributed by atoms with Crippen LogP contribution in [-0.4, -0.2) is 42.0 Å². The molecule has 0 bridgehead atoms. The Morgan fingerprint density at radius 2 is 2.03 bits per heavy atom. The number of hydrogen-bond acceptors (Lipinski definition) is 4. The van der Waals surface area contributed by atoms with Crippen molar-refractivity contribution in [2.24, 2.45) is 11.1 Å². The van der Waals surface area contributed by atoms with E-state index in [2.05, 4.69) is 16.3 Å². The van der Waals surface area contributed by atoms with Crippen molar-refractivity contribution in [3.8, 4) is 0 Å². The Hall–Kier alpha value is -3.15. The number of Topliss-reactive ketones (excluding diaryl/α,β-unsaturated/α-hetero) is 1. The van der Waals surface area contributed by atoms with Crippen molar-refractivity contribution in [3.63, 3.8) is 0 Å². The average Bonchev–Trinajstić information content (AvgIpc) is 2.80. The van der Waals surface area contributed by atoms with Gasteiger partial charge in [-0.2, -0.15) is 0 Å². The summed E-state index contributed by atoms with van der Waals surface area (Å²) in [5.74, 6) is 0.609. The topological polar surface area (TPSA) is 106 Å². The van der Waals surface area contributed by atoms with E-state index in [1.54, 1.807) is 0 Å². The molecule has 1 atom stereocenters. The lowest BCUT2D eigenvalue weighted by Gasteiger charge is -2.33. The Labute approximate surface area is 190 Å². The molecule has 1 unspecified atom stereocenters. The molecule has 168 valence electrons. The lowest BCUT2D eigenvalue weighted by molar-refractivity contribution is -0.120. The minimum absolute atomic E-state index is 0.0715. The van der Waals surface area contributed by atoms with Gasteiger partial charge in [-0.05, 0) is 49.0 Å². The first-order valence-electron chi connectivity index (χ1n) is 11.7. The van der Waals surface area contributed by atoms with Crippen molar-refractivity contribution in [3.05, 3.63) is 59.2 Å². The summed E-state index contributed by atoms with van der Waals surface area (Å²) in [6, 6.07) is 8.05. The molecule has 2 heterocycles. The quantitative estimate of drug-likeness (QED) is 0.276. The van der Waals surface area contributed by atoms with Gasteiger partial charge in [0.05, 0.1) is 5.84 Å². The Kier molecular flexibility index (Phi) is 6.58. The van der Waals surface area contributed by atoms with Crippen molar-refractivity contribution in [2.45, 2.75) is 44.9 Å². The number of benzene rings is 1. The highest BCUT2D eigenvalue weighted by molar-refractivity contribution is 6.19. The van der Waals surface area contributed by atoms with E-state index in [-0.39, 0.29) is 11.6 Å². The molecule has 0 aromatic heterocycles. The fourth-order valence-electron chi connectivity index (χ4n) is 4.90. The zero-order valence-corrected chi connectivity index (χ0v) is 18.6. The zero-order valence-electron chi connectivity index (χ0n) is 18.6. The van der Waals surface area contributed by atoms with Crippen LogP contribution >= 0.6 is 0 Å². The minimum atomic E-state index is -1.06. The van der Waals surface area contributed by atoms with Crippen LogP contribution in [0.1, 0.15) is 50.5 Å². The first-order valence-corrected chi connectivity index (χ1v) is 11.7. The molecule has 3 aliphatic rings. The molecule has 6 heteroatoms. The SMILES string of the molecule is N=C1CCCCN1CCCCCC1(C(=N)N)C=CC=C(C2=Cc3ccccc3NC2)C1=O. The highest BCUT2D eigenvalue weighted by Gasteiger charge is 2.42. The standard InChI is InChI=1S/C26H33N5O/c27-23-12-4-7-16-31(23)15-6-1-5-13-26(25(28)29)14-8-10-21(24(26)32)20-17-19-9-2-3-11-22(19)30-18-20/h2-3,8-11,14,17,27,30H,1,4-7,12-13,15-16,18H2,(H3,28,29). The first-order chi connectivity index (χ1) is 15.5. The zero-order chi connectivity index (χ0) is 22.6. The Bertz CT molecular complexity index is 1010. The molecule has 1 aliphatic carbocycles. The number of unbranched alkanes of at least 4 members (excludes halogenated alkanes) is 2. The maximum absolute atomic E-state index is 13.6. The third kappa shape index (κ3) is 4.40. The first kappa shape index (κ1) is 22.1. The van der Waals surface area contributed by atoms with Crippen LogP contribution in [0, 0.1) is 16.2 Å². The molecular weight excluding hydrogens is 398 g/mol. The molecule has 5 N–H and O–H groups in total. The summed E-state index contributed by atoms with van der Waals surface area (Å²) in [6.07, 6.45) is 14.1. The second-order valence-electron chi connectivity index (χ2n) is 8.97. The van der Waals surface area contributed by atoms with Crippen LogP contribution in [0.3, 0.4) is 0 Å². The van der Waals surface area contributed by atoms with Gasteiger partial charge >= 0.3 is 0 Å². The van der Waals surface area contributed by atoms with Gasteiger partial charge in [0.1, 0.15) is 11.3 Å². The molecule has 32 heavy (non-hydrogen) atoms. The number of nitrogens with two attached hydrogens (primary N) is 1. The van der Waals surface area contributed by atoms with Crippen molar-refractivity contribution in [2.75, 3.05) is 25.0 Å². The molecule has 0 saturated carbocycles. The van der Waals surface area contributed by atoms with Crippen LogP contribution < -0.4 is 11.1 Å². The second-order valence-corrected chi connectivity index (χ2v) is 8.97. The van der Waals surface area contributed by atoms with Gasteiger partial charge in [0, 0.05) is 37.3 Å². The van der Waals surface area contributed by atoms with Crippen LogP contribution in [0.5, 0.6) is 0 Å². The third-order valence-electron chi connectivity index (χ3n) is 6.85. The molecule has 1 aromatic rings. The number of nitrogens with one attached hydrogen (secondary N) is 3. The predicted octanol–water partition coefficient (Wildman–Crippen LogP) is 4.51. The van der Waals surface area contributed by atoms with E-state index in [1.807, 2.05) is 42.5 Å². The van der Waals surface area contributed by atoms with Crippen molar-refractivity contribution >= 4 is 29.2 Å². The Morgan fingerprint density at radius 1 is 1.19 bits per heavy atom. The number of rotatable bonds is 8. The fraction of sp³-hybridized carbons (Fsp3) is 0.423. The summed E-state index contributed by atoms with van der Waals surface area (Å²) >= 11 is 0. The van der Waals surface area contributed by atoms with Crippen LogP contribution in [0.4, 0.5) is 5.69 Å². The molecule has 1 aromatic carbocycles. The van der Waals surface area contributed by atoms with E-state index in [4.69, 9.17) is 16.6 Å². The number of para-hydroxylation sites is 1. The number of carbonyl (C=O) groups is 1. The van der Waals surface area contributed by atoms with Crippen LogP contribution in [0.25, 0.3) is 6.08 Å². The van der Waals surface area contributed by atoms with E-state index in [9.17, 15) is 4.79 Å². The Morgan fingerprint density at radius 3 is 2.84 bits per heavy atom. The maximum atomic E-state index is 13.6. The summed E-state index contributed by atoms with van der Waals surface area (Å²) in [7, 11) is 0. The number of piperidine rings is 1. The van der Waals surface area contributed by atoms with E-state index in [0.29, 0.717) is 18.5 Å². The molecular formula is C26H33N5O. The highest BCUT2D eigenvalue weighted by atomic mass is 16.1. The fourth-order valence-corrected chi connectivity index (χ4v) is 4.90. The van der Waals surface area contributed by atoms with Crippen LogP contribution in [-0.2, 0) is 4.79 Å². The van der Waals surface area contributed by atoms with Gasteiger partial charge in [0.2, 0.25) is 0 Å².